The monoisotopic (exact) mass is 414 g/mol. The lowest BCUT2D eigenvalue weighted by atomic mass is 9.66. The largest absolute Gasteiger partial charge is 0.478 e. The number of nitrogens with zero attached hydrogens (tertiary/aromatic N) is 3. The van der Waals surface area contributed by atoms with Crippen LogP contribution < -0.4 is 5.73 Å². The molecule has 160 valence electrons. The quantitative estimate of drug-likeness (QED) is 0.742. The molecule has 5 heteroatoms. The molecule has 0 saturated heterocycles. The summed E-state index contributed by atoms with van der Waals surface area (Å²) in [6.07, 6.45) is 7.04. The molecule has 2 heterocycles. The van der Waals surface area contributed by atoms with Crippen LogP contribution in [0.25, 0.3) is 0 Å². The zero-order valence-corrected chi connectivity index (χ0v) is 18.2. The average molecular weight is 415 g/mol. The topological polar surface area (TPSA) is 63.2 Å². The van der Waals surface area contributed by atoms with Gasteiger partial charge in [0.25, 0.3) is 0 Å². The normalized spacial score (nSPS) is 29.1. The zero-order chi connectivity index (χ0) is 21.4. The van der Waals surface area contributed by atoms with Crippen molar-refractivity contribution >= 4 is 11.9 Å². The second-order valence-corrected chi connectivity index (χ2v) is 9.04. The van der Waals surface area contributed by atoms with Gasteiger partial charge in [-0.25, -0.2) is 4.99 Å². The molecule has 0 aromatic heterocycles. The third-order valence-electron chi connectivity index (χ3n) is 6.52. The number of hydrogen-bond acceptors (Lipinski definition) is 5. The van der Waals surface area contributed by atoms with Crippen molar-refractivity contribution in [2.45, 2.75) is 50.7 Å². The van der Waals surface area contributed by atoms with E-state index < -0.39 is 0 Å². The molecule has 1 saturated carbocycles. The minimum absolute atomic E-state index is 0.0422. The van der Waals surface area contributed by atoms with Gasteiger partial charge in [0.15, 0.2) is 0 Å². The fraction of sp³-hybridized carbons (Fsp3) is 0.385. The van der Waals surface area contributed by atoms with Crippen LogP contribution in [0.5, 0.6) is 0 Å². The standard InChI is InChI=1S/C26H30N4O/c1-3-15-31-22-13-14-30-24(20-7-5-4-6-8-20)23(29-25(30)28-22)19-9-11-21(12-10-19)26(27)16-18(2)17-26/h4-14,18,23-24H,3,15-17,27H2,1-2H3. The predicted molar refractivity (Wildman–Crippen MR) is 125 cm³/mol. The molecular formula is C26H30N4O. The van der Waals surface area contributed by atoms with E-state index in [4.69, 9.17) is 15.5 Å². The van der Waals surface area contributed by atoms with Gasteiger partial charge in [0.05, 0.1) is 12.6 Å². The van der Waals surface area contributed by atoms with Crippen LogP contribution in [-0.2, 0) is 10.3 Å². The molecule has 5 rings (SSSR count). The first kappa shape index (κ1) is 20.0. The van der Waals surface area contributed by atoms with E-state index in [0.29, 0.717) is 24.4 Å². The van der Waals surface area contributed by atoms with Crippen molar-refractivity contribution in [1.82, 2.24) is 4.90 Å². The molecule has 2 aromatic carbocycles. The summed E-state index contributed by atoms with van der Waals surface area (Å²) in [6.45, 7) is 5.01. The van der Waals surface area contributed by atoms with Crippen LogP contribution in [0, 0.1) is 5.92 Å². The van der Waals surface area contributed by atoms with Gasteiger partial charge < -0.3 is 15.4 Å². The first-order valence-corrected chi connectivity index (χ1v) is 11.3. The van der Waals surface area contributed by atoms with Gasteiger partial charge in [0, 0.05) is 17.8 Å². The molecule has 0 bridgehead atoms. The van der Waals surface area contributed by atoms with Gasteiger partial charge in [-0.3, -0.25) is 0 Å². The fourth-order valence-electron chi connectivity index (χ4n) is 5.03. The van der Waals surface area contributed by atoms with E-state index in [1.165, 1.54) is 16.7 Å². The van der Waals surface area contributed by atoms with Crippen molar-refractivity contribution in [3.8, 4) is 0 Å². The van der Waals surface area contributed by atoms with E-state index in [1.54, 1.807) is 0 Å². The van der Waals surface area contributed by atoms with Gasteiger partial charge in [-0.05, 0) is 41.9 Å². The minimum atomic E-state index is -0.172. The zero-order valence-electron chi connectivity index (χ0n) is 18.2. The summed E-state index contributed by atoms with van der Waals surface area (Å²) in [5.41, 5.74) is 10.1. The molecule has 0 radical (unpaired) electrons. The van der Waals surface area contributed by atoms with Crippen molar-refractivity contribution < 1.29 is 4.74 Å². The summed E-state index contributed by atoms with van der Waals surface area (Å²) in [6, 6.07) is 19.3. The van der Waals surface area contributed by atoms with E-state index >= 15 is 0 Å². The van der Waals surface area contributed by atoms with Crippen molar-refractivity contribution in [2.75, 3.05) is 6.61 Å². The van der Waals surface area contributed by atoms with E-state index in [-0.39, 0.29) is 17.6 Å². The van der Waals surface area contributed by atoms with E-state index in [9.17, 15) is 0 Å². The molecule has 1 fully saturated rings. The second kappa shape index (κ2) is 7.97. The number of ether oxygens (including phenoxy) is 1. The lowest BCUT2D eigenvalue weighted by molar-refractivity contribution is 0.164. The fourth-order valence-corrected chi connectivity index (χ4v) is 5.03. The van der Waals surface area contributed by atoms with Crippen LogP contribution in [0.15, 0.2) is 76.9 Å². The van der Waals surface area contributed by atoms with E-state index in [2.05, 4.69) is 72.3 Å². The molecule has 1 aliphatic carbocycles. The molecule has 2 aliphatic heterocycles. The molecular weight excluding hydrogens is 384 g/mol. The van der Waals surface area contributed by atoms with Crippen LogP contribution in [-0.4, -0.2) is 23.4 Å². The maximum Gasteiger partial charge on any atom is 0.229 e. The van der Waals surface area contributed by atoms with Crippen molar-refractivity contribution in [2.24, 2.45) is 21.6 Å². The Morgan fingerprint density at radius 3 is 2.48 bits per heavy atom. The summed E-state index contributed by atoms with van der Waals surface area (Å²) in [5, 5.41) is 0. The highest BCUT2D eigenvalue weighted by molar-refractivity contribution is 6.02. The van der Waals surface area contributed by atoms with E-state index in [0.717, 1.165) is 19.3 Å². The highest BCUT2D eigenvalue weighted by Gasteiger charge is 2.41. The Balaban J connectivity index is 1.47. The predicted octanol–water partition coefficient (Wildman–Crippen LogP) is 5.08. The second-order valence-electron chi connectivity index (χ2n) is 9.04. The van der Waals surface area contributed by atoms with Crippen molar-refractivity contribution in [3.63, 3.8) is 0 Å². The van der Waals surface area contributed by atoms with Gasteiger partial charge in [-0.1, -0.05) is 68.4 Å². The summed E-state index contributed by atoms with van der Waals surface area (Å²) in [7, 11) is 0. The lowest BCUT2D eigenvalue weighted by Crippen LogP contribution is -2.47. The molecule has 2 atom stereocenters. The van der Waals surface area contributed by atoms with E-state index in [1.807, 2.05) is 18.3 Å². The third-order valence-corrected chi connectivity index (χ3v) is 6.52. The number of rotatable bonds is 5. The molecule has 5 nitrogen and oxygen atoms in total. The first-order valence-electron chi connectivity index (χ1n) is 11.3. The Morgan fingerprint density at radius 1 is 1.06 bits per heavy atom. The molecule has 3 aliphatic rings. The van der Waals surface area contributed by atoms with Crippen molar-refractivity contribution in [3.05, 3.63) is 83.6 Å². The van der Waals surface area contributed by atoms with Crippen LogP contribution in [0.1, 0.15) is 61.9 Å². The Hall–Kier alpha value is -2.92. The Morgan fingerprint density at radius 2 is 1.81 bits per heavy atom. The Kier molecular flexibility index (Phi) is 5.14. The molecule has 2 aromatic rings. The number of aliphatic imine (C=N–C) groups is 2. The number of guanidine groups is 1. The van der Waals surface area contributed by atoms with Gasteiger partial charge >= 0.3 is 0 Å². The highest BCUT2D eigenvalue weighted by atomic mass is 16.5. The molecule has 0 spiro atoms. The number of fused-ring (bicyclic) bond motifs is 1. The third kappa shape index (κ3) is 3.68. The van der Waals surface area contributed by atoms with Crippen LogP contribution >= 0.6 is 0 Å². The maximum atomic E-state index is 6.61. The van der Waals surface area contributed by atoms with Gasteiger partial charge in [0.1, 0.15) is 6.04 Å². The summed E-state index contributed by atoms with van der Waals surface area (Å²) in [4.78, 5) is 11.9. The molecule has 0 amide bonds. The smallest absolute Gasteiger partial charge is 0.229 e. The summed E-state index contributed by atoms with van der Waals surface area (Å²) >= 11 is 0. The molecule has 2 N–H and O–H groups in total. The number of benzene rings is 2. The molecule has 2 unspecified atom stereocenters. The number of hydrogen-bond donors (Lipinski definition) is 1. The Bertz CT molecular complexity index is 1020. The summed E-state index contributed by atoms with van der Waals surface area (Å²) < 4.78 is 5.74. The Labute approximate surface area is 184 Å². The van der Waals surface area contributed by atoms with Gasteiger partial charge in [0.2, 0.25) is 11.9 Å². The van der Waals surface area contributed by atoms with Gasteiger partial charge in [-0.15, -0.1) is 0 Å². The van der Waals surface area contributed by atoms with Crippen LogP contribution in [0.3, 0.4) is 0 Å². The van der Waals surface area contributed by atoms with Crippen molar-refractivity contribution in [1.29, 1.82) is 0 Å². The maximum absolute atomic E-state index is 6.61. The molecule has 31 heavy (non-hydrogen) atoms. The van der Waals surface area contributed by atoms with Gasteiger partial charge in [-0.2, -0.15) is 4.99 Å². The van der Waals surface area contributed by atoms with Crippen LogP contribution in [0.2, 0.25) is 0 Å². The highest BCUT2D eigenvalue weighted by Crippen LogP contribution is 2.46. The lowest BCUT2D eigenvalue weighted by Gasteiger charge is -2.44. The average Bonchev–Trinajstić information content (AvgIpc) is 3.16. The summed E-state index contributed by atoms with van der Waals surface area (Å²) in [5.74, 6) is 2.04. The number of nitrogens with two attached hydrogens (primary N) is 1. The minimum Gasteiger partial charge on any atom is -0.478 e. The first-order chi connectivity index (χ1) is 15.1. The SMILES string of the molecule is CCCOC1=NC2=NC(c3ccc(C4(N)CC(C)C4)cc3)C(c3ccccc3)N2C=C1. The van der Waals surface area contributed by atoms with Crippen LogP contribution in [0.4, 0.5) is 0 Å².